The summed E-state index contributed by atoms with van der Waals surface area (Å²) in [6.07, 6.45) is 0. The molecule has 0 spiro atoms. The van der Waals surface area contributed by atoms with Crippen molar-refractivity contribution in [1.82, 2.24) is 0 Å². The molecule has 18 heavy (non-hydrogen) atoms. The molecule has 90 valence electrons. The second kappa shape index (κ2) is 6.61. The maximum absolute atomic E-state index is 8.85. The van der Waals surface area contributed by atoms with E-state index >= 15 is 0 Å². The van der Waals surface area contributed by atoms with Gasteiger partial charge in [-0.05, 0) is 72.7 Å². The van der Waals surface area contributed by atoms with Gasteiger partial charge in [-0.25, -0.2) is 0 Å². The zero-order valence-corrected chi connectivity index (χ0v) is 12.5. The predicted octanol–water partition coefficient (Wildman–Crippen LogP) is 4.33. The van der Waals surface area contributed by atoms with Crippen molar-refractivity contribution in [3.05, 3.63) is 16.7 Å². The molecule has 0 aliphatic heterocycles. The molecule has 1 aromatic rings. The van der Waals surface area contributed by atoms with Gasteiger partial charge in [0.1, 0.15) is 16.2 Å². The van der Waals surface area contributed by atoms with Gasteiger partial charge in [0.25, 0.3) is 0 Å². The Kier molecular flexibility index (Phi) is 5.44. The van der Waals surface area contributed by atoms with Gasteiger partial charge in [0.15, 0.2) is 0 Å². The predicted molar refractivity (Wildman–Crippen MR) is 75.1 cm³/mol. The van der Waals surface area contributed by atoms with Crippen LogP contribution in [0, 0.1) is 52.8 Å². The summed E-state index contributed by atoms with van der Waals surface area (Å²) in [6, 6.07) is 0. The lowest BCUT2D eigenvalue weighted by atomic mass is 10.1. The van der Waals surface area contributed by atoms with Crippen LogP contribution in [0.5, 0.6) is 0 Å². The van der Waals surface area contributed by atoms with Crippen molar-refractivity contribution in [2.45, 2.75) is 35.5 Å². The zero-order valence-electron chi connectivity index (χ0n) is 10.1. The fourth-order valence-electron chi connectivity index (χ4n) is 1.75. The van der Waals surface area contributed by atoms with Crippen LogP contribution in [-0.4, -0.2) is 0 Å². The average Bonchev–Trinajstić information content (AvgIpc) is 2.35. The molecule has 0 saturated heterocycles. The Balaban J connectivity index is 3.61. The van der Waals surface area contributed by atoms with Gasteiger partial charge in [-0.1, -0.05) is 0 Å². The lowest BCUT2D eigenvalue weighted by molar-refractivity contribution is 1.02. The van der Waals surface area contributed by atoms with E-state index in [1.807, 2.05) is 20.8 Å². The van der Waals surface area contributed by atoms with E-state index < -0.39 is 0 Å². The van der Waals surface area contributed by atoms with Crippen LogP contribution in [0.3, 0.4) is 0 Å². The molecule has 0 fully saturated rings. The third kappa shape index (κ3) is 2.76. The second-order valence-corrected chi connectivity index (χ2v) is 5.83. The Bertz CT molecular complexity index is 496. The number of thioether (sulfide) groups is 3. The van der Waals surface area contributed by atoms with Crippen molar-refractivity contribution in [3.63, 3.8) is 0 Å². The third-order valence-corrected chi connectivity index (χ3v) is 5.21. The van der Waals surface area contributed by atoms with E-state index in [2.05, 4.69) is 16.2 Å². The minimum Gasteiger partial charge on any atom is -0.185 e. The van der Waals surface area contributed by atoms with E-state index in [9.17, 15) is 0 Å². The maximum Gasteiger partial charge on any atom is 0.138 e. The minimum atomic E-state index is 0.846. The highest BCUT2D eigenvalue weighted by molar-refractivity contribution is 8.05. The second-order valence-electron chi connectivity index (χ2n) is 3.44. The Labute approximate surface area is 119 Å². The monoisotopic (exact) mass is 291 g/mol. The first-order chi connectivity index (χ1) is 8.58. The summed E-state index contributed by atoms with van der Waals surface area (Å²) >= 11 is 3.23. The van der Waals surface area contributed by atoms with Crippen LogP contribution in [0.15, 0.2) is 14.7 Å². The van der Waals surface area contributed by atoms with Gasteiger partial charge in [-0.15, -0.1) is 0 Å². The molecule has 0 bridgehead atoms. The first kappa shape index (κ1) is 14.8. The molecule has 0 N–H and O–H groups in total. The van der Waals surface area contributed by atoms with Crippen LogP contribution in [0.2, 0.25) is 0 Å². The van der Waals surface area contributed by atoms with Crippen LogP contribution in [0.4, 0.5) is 0 Å². The van der Waals surface area contributed by atoms with E-state index in [0.717, 1.165) is 66.7 Å². The fraction of sp³-hybridized carbons (Fsp3) is 0.250. The molecule has 0 heterocycles. The Morgan fingerprint density at radius 2 is 0.833 bits per heavy atom. The van der Waals surface area contributed by atoms with E-state index in [0.29, 0.717) is 0 Å². The van der Waals surface area contributed by atoms with Crippen molar-refractivity contribution >= 4 is 35.3 Å². The molecule has 0 unspecified atom stereocenters. The molecule has 0 aromatic heterocycles. The van der Waals surface area contributed by atoms with Gasteiger partial charge in [0.05, 0.1) is 0 Å². The minimum absolute atomic E-state index is 0.846. The van der Waals surface area contributed by atoms with E-state index in [1.54, 1.807) is 0 Å². The highest BCUT2D eigenvalue weighted by Gasteiger charge is 2.18. The first-order valence-electron chi connectivity index (χ1n) is 4.90. The lowest BCUT2D eigenvalue weighted by Gasteiger charge is -2.16. The molecule has 0 aliphatic rings. The number of thiocyanates is 3. The van der Waals surface area contributed by atoms with Crippen LogP contribution in [-0.2, 0) is 0 Å². The summed E-state index contributed by atoms with van der Waals surface area (Å²) in [6.45, 7) is 5.71. The number of benzene rings is 1. The Morgan fingerprint density at radius 3 is 1.00 bits per heavy atom. The average molecular weight is 291 g/mol. The first-order valence-corrected chi connectivity index (χ1v) is 7.35. The molecule has 0 atom stereocenters. The van der Waals surface area contributed by atoms with E-state index in [4.69, 9.17) is 15.8 Å². The van der Waals surface area contributed by atoms with Gasteiger partial charge in [0.2, 0.25) is 0 Å². The molecular formula is C12H9N3S3. The van der Waals surface area contributed by atoms with E-state index in [-0.39, 0.29) is 0 Å². The molecule has 0 radical (unpaired) electrons. The molecule has 6 heteroatoms. The third-order valence-electron chi connectivity index (χ3n) is 2.49. The number of hydrogen-bond acceptors (Lipinski definition) is 6. The largest absolute Gasteiger partial charge is 0.185 e. The number of rotatable bonds is 3. The van der Waals surface area contributed by atoms with Crippen LogP contribution in [0.25, 0.3) is 0 Å². The van der Waals surface area contributed by atoms with Crippen molar-refractivity contribution in [2.24, 2.45) is 0 Å². The van der Waals surface area contributed by atoms with Gasteiger partial charge < -0.3 is 0 Å². The topological polar surface area (TPSA) is 71.4 Å². The highest BCUT2D eigenvalue weighted by Crippen LogP contribution is 2.41. The molecule has 0 amide bonds. The standard InChI is InChI=1S/C12H9N3S3/c1-7-10(16-4-13)8(2)12(18-6-15)9(3)11(7)17-5-14/h1-3H3. The van der Waals surface area contributed by atoms with Crippen molar-refractivity contribution in [2.75, 3.05) is 0 Å². The lowest BCUT2D eigenvalue weighted by Crippen LogP contribution is -1.96. The van der Waals surface area contributed by atoms with Crippen LogP contribution >= 0.6 is 35.3 Å². The molecule has 0 saturated carbocycles. The molecule has 1 aromatic carbocycles. The summed E-state index contributed by atoms with van der Waals surface area (Å²) in [5.41, 5.74) is 2.81. The number of hydrogen-bond donors (Lipinski definition) is 0. The normalized spacial score (nSPS) is 9.33. The van der Waals surface area contributed by atoms with Crippen LogP contribution < -0.4 is 0 Å². The maximum atomic E-state index is 8.85. The van der Waals surface area contributed by atoms with Gasteiger partial charge >= 0.3 is 0 Å². The number of nitriles is 3. The van der Waals surface area contributed by atoms with Crippen molar-refractivity contribution in [3.8, 4) is 16.2 Å². The van der Waals surface area contributed by atoms with Crippen molar-refractivity contribution < 1.29 is 0 Å². The molecule has 3 nitrogen and oxygen atoms in total. The summed E-state index contributed by atoms with van der Waals surface area (Å²) in [4.78, 5) is 2.54. The van der Waals surface area contributed by atoms with Crippen molar-refractivity contribution in [1.29, 1.82) is 15.8 Å². The zero-order chi connectivity index (χ0) is 13.7. The van der Waals surface area contributed by atoms with Gasteiger partial charge in [0, 0.05) is 14.7 Å². The highest BCUT2D eigenvalue weighted by atomic mass is 32.2. The number of nitrogens with zero attached hydrogens (tertiary/aromatic N) is 3. The molecular weight excluding hydrogens is 282 g/mol. The van der Waals surface area contributed by atoms with Gasteiger partial charge in [-0.3, -0.25) is 0 Å². The summed E-state index contributed by atoms with van der Waals surface area (Å²) in [7, 11) is 0. The smallest absolute Gasteiger partial charge is 0.138 e. The SMILES string of the molecule is Cc1c(SC#N)c(C)c(SC#N)c(C)c1SC#N. The van der Waals surface area contributed by atoms with Crippen LogP contribution in [0.1, 0.15) is 16.7 Å². The Hall–Kier alpha value is -1.26. The molecule has 1 rings (SSSR count). The molecule has 0 aliphatic carbocycles. The van der Waals surface area contributed by atoms with E-state index in [1.165, 1.54) is 0 Å². The summed E-state index contributed by atoms with van der Waals surface area (Å²) in [5, 5.41) is 32.7. The fourth-order valence-corrected chi connectivity index (χ4v) is 3.75. The summed E-state index contributed by atoms with van der Waals surface area (Å²) < 4.78 is 0. The summed E-state index contributed by atoms with van der Waals surface area (Å²) in [5.74, 6) is 0. The van der Waals surface area contributed by atoms with Gasteiger partial charge in [-0.2, -0.15) is 15.8 Å². The Morgan fingerprint density at radius 1 is 0.611 bits per heavy atom. The quantitative estimate of drug-likeness (QED) is 0.609.